The first-order valence-electron chi connectivity index (χ1n) is 5.16. The second-order valence-corrected chi connectivity index (χ2v) is 3.22. The third-order valence-corrected chi connectivity index (χ3v) is 1.92. The van der Waals surface area contributed by atoms with E-state index in [0.29, 0.717) is 19.4 Å². The van der Waals surface area contributed by atoms with Crippen molar-refractivity contribution in [3.8, 4) is 12.3 Å². The van der Waals surface area contributed by atoms with Crippen LogP contribution in [-0.4, -0.2) is 12.6 Å². The Morgan fingerprint density at radius 3 is 2.81 bits per heavy atom. The van der Waals surface area contributed by atoms with Crippen molar-refractivity contribution in [2.45, 2.75) is 12.8 Å². The quantitative estimate of drug-likeness (QED) is 0.326. The first kappa shape index (κ1) is 12.1. The molecule has 0 fully saturated rings. The van der Waals surface area contributed by atoms with Crippen molar-refractivity contribution in [1.29, 1.82) is 0 Å². The number of terminal acetylenes is 1. The summed E-state index contributed by atoms with van der Waals surface area (Å²) >= 11 is 0. The molecule has 0 radical (unpaired) electrons. The van der Waals surface area contributed by atoms with E-state index in [1.807, 2.05) is 30.3 Å². The molecule has 0 aliphatic carbocycles. The maximum absolute atomic E-state index is 11.2. The fourth-order valence-corrected chi connectivity index (χ4v) is 1.12. The number of carbonyl (C=O) groups excluding carboxylic acids is 1. The van der Waals surface area contributed by atoms with Gasteiger partial charge in [0.2, 0.25) is 0 Å². The molecular formula is C14H14O2. The molecule has 0 amide bonds. The Labute approximate surface area is 95.9 Å². The van der Waals surface area contributed by atoms with Crippen molar-refractivity contribution in [3.63, 3.8) is 0 Å². The molecule has 2 nitrogen and oxygen atoms in total. The predicted octanol–water partition coefficient (Wildman–Crippen LogP) is 2.66. The molecule has 0 aliphatic heterocycles. The Balaban J connectivity index is 2.29. The Kier molecular flexibility index (Phi) is 5.51. The van der Waals surface area contributed by atoms with Gasteiger partial charge in [0, 0.05) is 12.5 Å². The van der Waals surface area contributed by atoms with Crippen LogP contribution in [0.3, 0.4) is 0 Å². The lowest BCUT2D eigenvalue weighted by atomic mass is 10.2. The monoisotopic (exact) mass is 214 g/mol. The fourth-order valence-electron chi connectivity index (χ4n) is 1.12. The topological polar surface area (TPSA) is 26.3 Å². The normalized spacial score (nSPS) is 9.94. The maximum atomic E-state index is 11.2. The van der Waals surface area contributed by atoms with Gasteiger partial charge in [0.15, 0.2) is 0 Å². The van der Waals surface area contributed by atoms with Crippen LogP contribution in [0.2, 0.25) is 0 Å². The molecule has 0 heterocycles. The van der Waals surface area contributed by atoms with Gasteiger partial charge >= 0.3 is 5.97 Å². The van der Waals surface area contributed by atoms with Crippen molar-refractivity contribution in [3.05, 3.63) is 42.0 Å². The molecule has 0 unspecified atom stereocenters. The molecule has 0 atom stereocenters. The molecule has 82 valence electrons. The minimum absolute atomic E-state index is 0.333. The molecule has 1 rings (SSSR count). The van der Waals surface area contributed by atoms with Gasteiger partial charge in [-0.3, -0.25) is 0 Å². The van der Waals surface area contributed by atoms with Gasteiger partial charge in [-0.2, -0.15) is 0 Å². The highest BCUT2D eigenvalue weighted by Gasteiger charge is 1.95. The summed E-state index contributed by atoms with van der Waals surface area (Å²) in [7, 11) is 0. The highest BCUT2D eigenvalue weighted by Crippen LogP contribution is 2.01. The summed E-state index contributed by atoms with van der Waals surface area (Å²) in [4.78, 5) is 11.2. The fraction of sp³-hybridized carbons (Fsp3) is 0.214. The van der Waals surface area contributed by atoms with Crippen LogP contribution in [0.1, 0.15) is 18.4 Å². The number of hydrogen-bond acceptors (Lipinski definition) is 2. The van der Waals surface area contributed by atoms with Gasteiger partial charge in [0.25, 0.3) is 0 Å². The van der Waals surface area contributed by atoms with Crippen LogP contribution in [0.5, 0.6) is 0 Å². The maximum Gasteiger partial charge on any atom is 0.330 e. The third-order valence-electron chi connectivity index (χ3n) is 1.92. The summed E-state index contributed by atoms with van der Waals surface area (Å²) in [5, 5.41) is 0. The Hall–Kier alpha value is -2.01. The molecule has 0 bridgehead atoms. The zero-order chi connectivity index (χ0) is 11.6. The lowest BCUT2D eigenvalue weighted by Gasteiger charge is -1.98. The van der Waals surface area contributed by atoms with Crippen LogP contribution in [0.15, 0.2) is 36.4 Å². The van der Waals surface area contributed by atoms with E-state index in [-0.39, 0.29) is 5.97 Å². The van der Waals surface area contributed by atoms with Gasteiger partial charge in [-0.15, -0.1) is 12.3 Å². The largest absolute Gasteiger partial charge is 0.462 e. The average Bonchev–Trinajstić information content (AvgIpc) is 2.33. The highest BCUT2D eigenvalue weighted by atomic mass is 16.5. The number of rotatable bonds is 5. The van der Waals surface area contributed by atoms with Crippen molar-refractivity contribution >= 4 is 12.0 Å². The number of ether oxygens (including phenoxy) is 1. The van der Waals surface area contributed by atoms with Crippen molar-refractivity contribution < 1.29 is 9.53 Å². The lowest BCUT2D eigenvalue weighted by molar-refractivity contribution is -0.137. The Morgan fingerprint density at radius 1 is 1.38 bits per heavy atom. The van der Waals surface area contributed by atoms with Crippen LogP contribution in [-0.2, 0) is 9.53 Å². The van der Waals surface area contributed by atoms with Gasteiger partial charge < -0.3 is 4.74 Å². The van der Waals surface area contributed by atoms with Gasteiger partial charge in [-0.1, -0.05) is 30.3 Å². The average molecular weight is 214 g/mol. The van der Waals surface area contributed by atoms with Gasteiger partial charge in [0.1, 0.15) is 0 Å². The van der Waals surface area contributed by atoms with Crippen LogP contribution in [0.4, 0.5) is 0 Å². The van der Waals surface area contributed by atoms with Crippen LogP contribution >= 0.6 is 0 Å². The highest BCUT2D eigenvalue weighted by molar-refractivity contribution is 5.86. The number of carbonyl (C=O) groups is 1. The van der Waals surface area contributed by atoms with E-state index in [1.54, 1.807) is 6.08 Å². The molecular weight excluding hydrogens is 200 g/mol. The number of esters is 1. The SMILES string of the molecule is C#CCCCOC(=O)/C=C/c1ccccc1. The Bertz CT molecular complexity index is 385. The van der Waals surface area contributed by atoms with Crippen molar-refractivity contribution in [2.75, 3.05) is 6.61 Å². The first-order valence-corrected chi connectivity index (χ1v) is 5.16. The van der Waals surface area contributed by atoms with Crippen LogP contribution < -0.4 is 0 Å². The summed E-state index contributed by atoms with van der Waals surface area (Å²) in [6.07, 6.45) is 9.57. The summed E-state index contributed by atoms with van der Waals surface area (Å²) in [6, 6.07) is 9.59. The molecule has 0 N–H and O–H groups in total. The number of benzene rings is 1. The smallest absolute Gasteiger partial charge is 0.330 e. The van der Waals surface area contributed by atoms with Gasteiger partial charge in [0.05, 0.1) is 6.61 Å². The third kappa shape index (κ3) is 5.02. The standard InChI is InChI=1S/C14H14O2/c1-2-3-7-12-16-14(15)11-10-13-8-5-4-6-9-13/h1,4-6,8-11H,3,7,12H2/b11-10+. The van der Waals surface area contributed by atoms with Crippen molar-refractivity contribution in [2.24, 2.45) is 0 Å². The second-order valence-electron chi connectivity index (χ2n) is 3.22. The summed E-state index contributed by atoms with van der Waals surface area (Å²) in [6.45, 7) is 0.377. The van der Waals surface area contributed by atoms with E-state index < -0.39 is 0 Å². The molecule has 0 saturated carbocycles. The molecule has 0 saturated heterocycles. The van der Waals surface area contributed by atoms with Gasteiger partial charge in [-0.25, -0.2) is 4.79 Å². The molecule has 0 spiro atoms. The van der Waals surface area contributed by atoms with E-state index >= 15 is 0 Å². The van der Waals surface area contributed by atoms with Gasteiger partial charge in [-0.05, 0) is 18.1 Å². The zero-order valence-electron chi connectivity index (χ0n) is 9.06. The molecule has 0 aromatic heterocycles. The lowest BCUT2D eigenvalue weighted by Crippen LogP contribution is -2.01. The second kappa shape index (κ2) is 7.30. The molecule has 2 heteroatoms. The van der Waals surface area contributed by atoms with E-state index in [2.05, 4.69) is 5.92 Å². The van der Waals surface area contributed by atoms with Crippen LogP contribution in [0.25, 0.3) is 6.08 Å². The first-order chi connectivity index (χ1) is 7.83. The van der Waals surface area contributed by atoms with E-state index in [0.717, 1.165) is 5.56 Å². The predicted molar refractivity (Wildman–Crippen MR) is 64.5 cm³/mol. The minimum atomic E-state index is -0.333. The summed E-state index contributed by atoms with van der Waals surface area (Å²) in [5.74, 6) is 2.16. The summed E-state index contributed by atoms with van der Waals surface area (Å²) in [5.41, 5.74) is 0.975. The van der Waals surface area contributed by atoms with E-state index in [9.17, 15) is 4.79 Å². The molecule has 1 aromatic rings. The number of hydrogen-bond donors (Lipinski definition) is 0. The zero-order valence-corrected chi connectivity index (χ0v) is 9.06. The van der Waals surface area contributed by atoms with Crippen molar-refractivity contribution in [1.82, 2.24) is 0 Å². The van der Waals surface area contributed by atoms with E-state index in [4.69, 9.17) is 11.2 Å². The van der Waals surface area contributed by atoms with Crippen LogP contribution in [0, 0.1) is 12.3 Å². The molecule has 16 heavy (non-hydrogen) atoms. The number of unbranched alkanes of at least 4 members (excludes halogenated alkanes) is 1. The minimum Gasteiger partial charge on any atom is -0.462 e. The summed E-state index contributed by atoms with van der Waals surface area (Å²) < 4.78 is 4.94. The Morgan fingerprint density at radius 2 is 2.12 bits per heavy atom. The molecule has 0 aliphatic rings. The molecule has 1 aromatic carbocycles. The van der Waals surface area contributed by atoms with E-state index in [1.165, 1.54) is 6.08 Å².